The predicted molar refractivity (Wildman–Crippen MR) is 90.6 cm³/mol. The van der Waals surface area contributed by atoms with Gasteiger partial charge in [0.25, 0.3) is 5.91 Å². The Bertz CT molecular complexity index is 697. The molecule has 130 valence electrons. The third-order valence-corrected chi connectivity index (χ3v) is 3.61. The van der Waals surface area contributed by atoms with Gasteiger partial charge in [-0.25, -0.2) is 0 Å². The summed E-state index contributed by atoms with van der Waals surface area (Å²) >= 11 is 0. The molecule has 0 saturated heterocycles. The summed E-state index contributed by atoms with van der Waals surface area (Å²) in [6.07, 6.45) is 0.763. The van der Waals surface area contributed by atoms with Crippen molar-refractivity contribution in [2.45, 2.75) is 6.42 Å². The first-order valence-corrected chi connectivity index (χ1v) is 7.64. The number of methoxy groups -OCH3 is 3. The number of benzene rings is 1. The topological polar surface area (TPSA) is 74.6 Å². The first kappa shape index (κ1) is 17.8. The number of carbonyl (C=O) groups is 1. The van der Waals surface area contributed by atoms with Gasteiger partial charge in [-0.15, -0.1) is 0 Å². The highest BCUT2D eigenvalue weighted by atomic mass is 16.5. The minimum Gasteiger partial charge on any atom is -0.497 e. The van der Waals surface area contributed by atoms with Gasteiger partial charge in [0.15, 0.2) is 0 Å². The molecule has 0 aliphatic carbocycles. The van der Waals surface area contributed by atoms with Gasteiger partial charge in [-0.3, -0.25) is 9.48 Å². The van der Waals surface area contributed by atoms with Crippen LogP contribution in [0.4, 0.5) is 0 Å². The number of rotatable bonds is 8. The quantitative estimate of drug-likeness (QED) is 0.747. The van der Waals surface area contributed by atoms with Gasteiger partial charge in [0.2, 0.25) is 0 Å². The van der Waals surface area contributed by atoms with Crippen LogP contribution in [0.5, 0.6) is 11.5 Å². The molecule has 0 saturated carbocycles. The fourth-order valence-corrected chi connectivity index (χ4v) is 2.33. The summed E-state index contributed by atoms with van der Waals surface area (Å²) in [5, 5.41) is 7.28. The third kappa shape index (κ3) is 4.05. The number of nitrogens with zero attached hydrogens (tertiary/aromatic N) is 2. The highest BCUT2D eigenvalue weighted by molar-refractivity contribution is 5.93. The monoisotopic (exact) mass is 333 g/mol. The van der Waals surface area contributed by atoms with Gasteiger partial charge >= 0.3 is 0 Å². The van der Waals surface area contributed by atoms with Crippen LogP contribution in [0.2, 0.25) is 0 Å². The van der Waals surface area contributed by atoms with Gasteiger partial charge in [0, 0.05) is 38.9 Å². The Labute approximate surface area is 141 Å². The Morgan fingerprint density at radius 2 is 2.00 bits per heavy atom. The van der Waals surface area contributed by atoms with Gasteiger partial charge in [-0.05, 0) is 24.6 Å². The molecule has 1 amide bonds. The van der Waals surface area contributed by atoms with Crippen LogP contribution in [0.3, 0.4) is 0 Å². The normalized spacial score (nSPS) is 10.5. The number of aryl methyl sites for hydroxylation is 1. The molecule has 0 aliphatic heterocycles. The molecule has 2 rings (SSSR count). The van der Waals surface area contributed by atoms with E-state index in [1.807, 2.05) is 12.1 Å². The Hall–Kier alpha value is -2.54. The second-order valence-corrected chi connectivity index (χ2v) is 5.21. The van der Waals surface area contributed by atoms with Crippen molar-refractivity contribution >= 4 is 5.91 Å². The maximum absolute atomic E-state index is 12.3. The van der Waals surface area contributed by atoms with E-state index in [4.69, 9.17) is 14.2 Å². The molecule has 0 bridgehead atoms. The molecule has 0 unspecified atom stereocenters. The zero-order valence-corrected chi connectivity index (χ0v) is 14.5. The summed E-state index contributed by atoms with van der Waals surface area (Å²) in [7, 11) is 6.56. The fraction of sp³-hybridized carbons (Fsp3) is 0.412. The predicted octanol–water partition coefficient (Wildman–Crippen LogP) is 1.87. The van der Waals surface area contributed by atoms with Crippen molar-refractivity contribution in [3.05, 3.63) is 30.0 Å². The van der Waals surface area contributed by atoms with Crippen LogP contribution < -0.4 is 14.8 Å². The zero-order chi connectivity index (χ0) is 17.5. The summed E-state index contributed by atoms with van der Waals surface area (Å²) in [6.45, 7) is 1.17. The first-order chi connectivity index (χ1) is 11.6. The van der Waals surface area contributed by atoms with Gasteiger partial charge in [-0.1, -0.05) is 0 Å². The van der Waals surface area contributed by atoms with Crippen molar-refractivity contribution in [3.8, 4) is 22.8 Å². The average molecular weight is 333 g/mol. The molecule has 24 heavy (non-hydrogen) atoms. The standard InChI is InChI=1S/C17H23N3O4/c1-20-15(17(21)18-8-5-9-22-2)11-14(19-20)13-7-6-12(23-3)10-16(13)24-4/h6-7,10-11H,5,8-9H2,1-4H3,(H,18,21). The maximum atomic E-state index is 12.3. The molecule has 0 radical (unpaired) electrons. The first-order valence-electron chi connectivity index (χ1n) is 7.64. The molecule has 1 heterocycles. The molecule has 0 fully saturated rings. The van der Waals surface area contributed by atoms with Crippen LogP contribution in [-0.2, 0) is 11.8 Å². The molecule has 7 nitrogen and oxygen atoms in total. The number of carbonyl (C=O) groups excluding carboxylic acids is 1. The molecular weight excluding hydrogens is 310 g/mol. The van der Waals surface area contributed by atoms with Gasteiger partial charge in [-0.2, -0.15) is 5.10 Å². The lowest BCUT2D eigenvalue weighted by Crippen LogP contribution is -2.27. The largest absolute Gasteiger partial charge is 0.497 e. The molecule has 0 aliphatic rings. The van der Waals surface area contributed by atoms with E-state index in [2.05, 4.69) is 10.4 Å². The molecule has 0 atom stereocenters. The number of ether oxygens (including phenoxy) is 3. The van der Waals surface area contributed by atoms with Crippen molar-refractivity contribution < 1.29 is 19.0 Å². The van der Waals surface area contributed by atoms with Crippen molar-refractivity contribution in [1.82, 2.24) is 15.1 Å². The van der Waals surface area contributed by atoms with E-state index < -0.39 is 0 Å². The summed E-state index contributed by atoms with van der Waals surface area (Å²) in [4.78, 5) is 12.3. The van der Waals surface area contributed by atoms with Crippen LogP contribution in [0, 0.1) is 0 Å². The van der Waals surface area contributed by atoms with Crippen LogP contribution in [0.1, 0.15) is 16.9 Å². The lowest BCUT2D eigenvalue weighted by Gasteiger charge is -2.08. The number of hydrogen-bond donors (Lipinski definition) is 1. The van der Waals surface area contributed by atoms with Crippen LogP contribution in [-0.4, -0.2) is 50.2 Å². The maximum Gasteiger partial charge on any atom is 0.269 e. The van der Waals surface area contributed by atoms with E-state index in [1.165, 1.54) is 0 Å². The second-order valence-electron chi connectivity index (χ2n) is 5.21. The van der Waals surface area contributed by atoms with Gasteiger partial charge in [0.05, 0.1) is 19.9 Å². The summed E-state index contributed by atoms with van der Waals surface area (Å²) in [5.74, 6) is 1.17. The van der Waals surface area contributed by atoms with Crippen molar-refractivity contribution in [3.63, 3.8) is 0 Å². The number of hydrogen-bond acceptors (Lipinski definition) is 5. The molecule has 7 heteroatoms. The van der Waals surface area contributed by atoms with E-state index in [-0.39, 0.29) is 5.91 Å². The van der Waals surface area contributed by atoms with Crippen molar-refractivity contribution in [2.75, 3.05) is 34.5 Å². The summed E-state index contributed by atoms with van der Waals surface area (Å²) in [6, 6.07) is 7.22. The van der Waals surface area contributed by atoms with E-state index >= 15 is 0 Å². The second kappa shape index (κ2) is 8.35. The SMILES string of the molecule is COCCCNC(=O)c1cc(-c2ccc(OC)cc2OC)nn1C. The number of aromatic nitrogens is 2. The molecular formula is C17H23N3O4. The van der Waals surface area contributed by atoms with E-state index in [1.54, 1.807) is 45.2 Å². The number of nitrogens with one attached hydrogen (secondary N) is 1. The molecule has 1 aromatic carbocycles. The Morgan fingerprint density at radius 3 is 2.67 bits per heavy atom. The lowest BCUT2D eigenvalue weighted by atomic mass is 10.1. The minimum absolute atomic E-state index is 0.167. The summed E-state index contributed by atoms with van der Waals surface area (Å²) < 4.78 is 17.1. The van der Waals surface area contributed by atoms with E-state index in [9.17, 15) is 4.79 Å². The van der Waals surface area contributed by atoms with Gasteiger partial charge < -0.3 is 19.5 Å². The third-order valence-electron chi connectivity index (χ3n) is 3.61. The molecule has 1 aromatic heterocycles. The lowest BCUT2D eigenvalue weighted by molar-refractivity contribution is 0.0939. The van der Waals surface area contributed by atoms with Gasteiger partial charge in [0.1, 0.15) is 17.2 Å². The molecule has 1 N–H and O–H groups in total. The van der Waals surface area contributed by atoms with Crippen LogP contribution in [0.15, 0.2) is 24.3 Å². The minimum atomic E-state index is -0.167. The van der Waals surface area contributed by atoms with Crippen molar-refractivity contribution in [1.29, 1.82) is 0 Å². The Balaban J connectivity index is 2.20. The van der Waals surface area contributed by atoms with Crippen molar-refractivity contribution in [2.24, 2.45) is 7.05 Å². The smallest absolute Gasteiger partial charge is 0.269 e. The average Bonchev–Trinajstić information content (AvgIpc) is 2.99. The zero-order valence-electron chi connectivity index (χ0n) is 14.5. The Morgan fingerprint density at radius 1 is 1.21 bits per heavy atom. The fourth-order valence-electron chi connectivity index (χ4n) is 2.33. The van der Waals surface area contributed by atoms with E-state index in [0.717, 1.165) is 12.0 Å². The Kier molecular flexibility index (Phi) is 6.20. The molecule has 2 aromatic rings. The molecule has 0 spiro atoms. The highest BCUT2D eigenvalue weighted by Gasteiger charge is 2.16. The highest BCUT2D eigenvalue weighted by Crippen LogP contribution is 2.32. The number of amides is 1. The van der Waals surface area contributed by atoms with Crippen LogP contribution in [0.25, 0.3) is 11.3 Å². The van der Waals surface area contributed by atoms with Crippen LogP contribution >= 0.6 is 0 Å². The van der Waals surface area contributed by atoms with E-state index in [0.29, 0.717) is 36.0 Å². The summed E-state index contributed by atoms with van der Waals surface area (Å²) in [5.41, 5.74) is 1.95.